The summed E-state index contributed by atoms with van der Waals surface area (Å²) in [6.45, 7) is 4.00. The summed E-state index contributed by atoms with van der Waals surface area (Å²) in [5.41, 5.74) is 3.71. The molecule has 3 rings (SSSR count). The first kappa shape index (κ1) is 17.3. The second kappa shape index (κ2) is 6.78. The lowest BCUT2D eigenvalue weighted by molar-refractivity contribution is -0.384. The molecule has 2 aromatic carbocycles. The molecule has 25 heavy (non-hydrogen) atoms. The highest BCUT2D eigenvalue weighted by molar-refractivity contribution is 8.27. The van der Waals surface area contributed by atoms with Crippen LogP contribution in [-0.2, 0) is 4.79 Å². The van der Waals surface area contributed by atoms with Crippen LogP contribution in [0, 0.1) is 24.0 Å². The maximum absolute atomic E-state index is 12.7. The SMILES string of the molecule is Cc1ccc(N2C(=O)/C(=C/c3ccc([N+](=O)[O-])cc3)SC2=S)cc1C. The van der Waals surface area contributed by atoms with Crippen LogP contribution in [0.5, 0.6) is 0 Å². The lowest BCUT2D eigenvalue weighted by atomic mass is 10.1. The van der Waals surface area contributed by atoms with Gasteiger partial charge in [-0.1, -0.05) is 30.0 Å². The summed E-state index contributed by atoms with van der Waals surface area (Å²) < 4.78 is 0.474. The maximum atomic E-state index is 12.7. The van der Waals surface area contributed by atoms with Crippen molar-refractivity contribution in [2.45, 2.75) is 13.8 Å². The maximum Gasteiger partial charge on any atom is 0.270 e. The average Bonchev–Trinajstić information content (AvgIpc) is 2.85. The zero-order valence-corrected chi connectivity index (χ0v) is 15.2. The zero-order valence-electron chi connectivity index (χ0n) is 13.6. The summed E-state index contributed by atoms with van der Waals surface area (Å²) in [4.78, 5) is 25.0. The van der Waals surface area contributed by atoms with Crippen LogP contribution < -0.4 is 4.90 Å². The fourth-order valence-corrected chi connectivity index (χ4v) is 3.70. The van der Waals surface area contributed by atoms with Gasteiger partial charge in [0.2, 0.25) is 0 Å². The molecular formula is C18H14N2O3S2. The number of thiocarbonyl (C=S) groups is 1. The first-order valence-electron chi connectivity index (χ1n) is 7.46. The molecule has 7 heteroatoms. The first-order valence-corrected chi connectivity index (χ1v) is 8.69. The number of carbonyl (C=O) groups excluding carboxylic acids is 1. The van der Waals surface area contributed by atoms with Crippen molar-refractivity contribution in [3.63, 3.8) is 0 Å². The van der Waals surface area contributed by atoms with E-state index in [-0.39, 0.29) is 11.6 Å². The molecule has 1 aliphatic rings. The number of rotatable bonds is 3. The van der Waals surface area contributed by atoms with Crippen LogP contribution >= 0.6 is 24.0 Å². The summed E-state index contributed by atoms with van der Waals surface area (Å²) >= 11 is 6.59. The van der Waals surface area contributed by atoms with E-state index >= 15 is 0 Å². The van der Waals surface area contributed by atoms with Crippen LogP contribution in [0.15, 0.2) is 47.4 Å². The lowest BCUT2D eigenvalue weighted by Gasteiger charge is -2.15. The molecule has 0 N–H and O–H groups in total. The Bertz CT molecular complexity index is 920. The molecule has 0 bridgehead atoms. The van der Waals surface area contributed by atoms with E-state index in [1.807, 2.05) is 32.0 Å². The summed E-state index contributed by atoms with van der Waals surface area (Å²) in [6, 6.07) is 11.8. The monoisotopic (exact) mass is 370 g/mol. The minimum atomic E-state index is -0.455. The van der Waals surface area contributed by atoms with Gasteiger partial charge < -0.3 is 0 Å². The highest BCUT2D eigenvalue weighted by atomic mass is 32.2. The Morgan fingerprint density at radius 2 is 1.80 bits per heavy atom. The third-order valence-electron chi connectivity index (χ3n) is 3.94. The molecule has 0 unspecified atom stereocenters. The second-order valence-corrected chi connectivity index (χ2v) is 7.31. The third-order valence-corrected chi connectivity index (χ3v) is 5.25. The molecular weight excluding hydrogens is 356 g/mol. The molecule has 5 nitrogen and oxygen atoms in total. The standard InChI is InChI=1S/C18H14N2O3S2/c1-11-3-6-15(9-12(11)2)19-17(21)16(25-18(19)24)10-13-4-7-14(8-5-13)20(22)23/h3-10H,1-2H3/b16-10-. The Morgan fingerprint density at radius 1 is 1.12 bits per heavy atom. The summed E-state index contributed by atoms with van der Waals surface area (Å²) in [5.74, 6) is -0.184. The highest BCUT2D eigenvalue weighted by Crippen LogP contribution is 2.36. The average molecular weight is 370 g/mol. The Kier molecular flexibility index (Phi) is 4.69. The predicted octanol–water partition coefficient (Wildman–Crippen LogP) is 4.62. The smallest absolute Gasteiger partial charge is 0.268 e. The van der Waals surface area contributed by atoms with Crippen molar-refractivity contribution in [1.29, 1.82) is 0 Å². The van der Waals surface area contributed by atoms with E-state index in [4.69, 9.17) is 12.2 Å². The highest BCUT2D eigenvalue weighted by Gasteiger charge is 2.33. The van der Waals surface area contributed by atoms with E-state index in [1.165, 1.54) is 28.8 Å². The molecule has 126 valence electrons. The number of anilines is 1. The third kappa shape index (κ3) is 3.47. The van der Waals surface area contributed by atoms with Gasteiger partial charge in [-0.3, -0.25) is 19.8 Å². The molecule has 1 aliphatic heterocycles. The molecule has 0 atom stereocenters. The normalized spacial score (nSPS) is 15.9. The Balaban J connectivity index is 1.90. The lowest BCUT2D eigenvalue weighted by Crippen LogP contribution is -2.27. The number of non-ortho nitro benzene ring substituents is 1. The van der Waals surface area contributed by atoms with Crippen LogP contribution in [0.2, 0.25) is 0 Å². The zero-order chi connectivity index (χ0) is 18.1. The summed E-state index contributed by atoms with van der Waals surface area (Å²) in [7, 11) is 0. The number of hydrogen-bond donors (Lipinski definition) is 0. The molecule has 0 aromatic heterocycles. The van der Waals surface area contributed by atoms with Gasteiger partial charge >= 0.3 is 0 Å². The quantitative estimate of drug-likeness (QED) is 0.341. The molecule has 1 fully saturated rings. The van der Waals surface area contributed by atoms with Crippen molar-refractivity contribution in [3.05, 3.63) is 74.2 Å². The molecule has 1 saturated heterocycles. The molecule has 0 saturated carbocycles. The van der Waals surface area contributed by atoms with Gasteiger partial charge in [0.25, 0.3) is 11.6 Å². The van der Waals surface area contributed by atoms with E-state index in [0.29, 0.717) is 14.8 Å². The topological polar surface area (TPSA) is 63.5 Å². The molecule has 2 aromatic rings. The summed E-state index contributed by atoms with van der Waals surface area (Å²) in [6.07, 6.45) is 1.70. The van der Waals surface area contributed by atoms with Crippen molar-refractivity contribution >= 4 is 51.7 Å². The van der Waals surface area contributed by atoms with Crippen LogP contribution in [0.3, 0.4) is 0 Å². The number of carbonyl (C=O) groups is 1. The van der Waals surface area contributed by atoms with Gasteiger partial charge in [0.1, 0.15) is 0 Å². The van der Waals surface area contributed by atoms with Gasteiger partial charge in [-0.2, -0.15) is 0 Å². The van der Waals surface area contributed by atoms with E-state index in [0.717, 1.165) is 16.8 Å². The minimum Gasteiger partial charge on any atom is -0.268 e. The number of hydrogen-bond acceptors (Lipinski definition) is 5. The number of aryl methyl sites for hydroxylation is 2. The van der Waals surface area contributed by atoms with Crippen LogP contribution in [-0.4, -0.2) is 15.2 Å². The number of benzene rings is 2. The summed E-state index contributed by atoms with van der Waals surface area (Å²) in [5, 5.41) is 10.7. The fourth-order valence-electron chi connectivity index (χ4n) is 2.40. The molecule has 0 radical (unpaired) electrons. The van der Waals surface area contributed by atoms with Crippen molar-refractivity contribution in [2.24, 2.45) is 0 Å². The number of nitro groups is 1. The number of amides is 1. The Morgan fingerprint density at radius 3 is 2.40 bits per heavy atom. The van der Waals surface area contributed by atoms with Gasteiger partial charge in [0.05, 0.1) is 15.5 Å². The molecule has 1 amide bonds. The molecule has 0 spiro atoms. The van der Waals surface area contributed by atoms with Gasteiger partial charge in [-0.25, -0.2) is 0 Å². The first-order chi connectivity index (χ1) is 11.9. The van der Waals surface area contributed by atoms with Crippen molar-refractivity contribution in [3.8, 4) is 0 Å². The van der Waals surface area contributed by atoms with Crippen LogP contribution in [0.4, 0.5) is 11.4 Å². The Labute approximate surface area is 154 Å². The van der Waals surface area contributed by atoms with E-state index in [2.05, 4.69) is 0 Å². The molecule has 1 heterocycles. The Hall–Kier alpha value is -2.51. The predicted molar refractivity (Wildman–Crippen MR) is 105 cm³/mol. The van der Waals surface area contributed by atoms with Gasteiger partial charge in [0, 0.05) is 12.1 Å². The van der Waals surface area contributed by atoms with Gasteiger partial charge in [-0.15, -0.1) is 0 Å². The van der Waals surface area contributed by atoms with Crippen LogP contribution in [0.25, 0.3) is 6.08 Å². The second-order valence-electron chi connectivity index (χ2n) is 5.63. The van der Waals surface area contributed by atoms with Crippen molar-refractivity contribution in [2.75, 3.05) is 4.90 Å². The number of nitro benzene ring substituents is 1. The van der Waals surface area contributed by atoms with Gasteiger partial charge in [0.15, 0.2) is 4.32 Å². The van der Waals surface area contributed by atoms with Crippen molar-refractivity contribution in [1.82, 2.24) is 0 Å². The largest absolute Gasteiger partial charge is 0.270 e. The number of nitrogens with zero attached hydrogens (tertiary/aromatic N) is 2. The van der Waals surface area contributed by atoms with E-state index in [1.54, 1.807) is 18.2 Å². The van der Waals surface area contributed by atoms with Crippen molar-refractivity contribution < 1.29 is 9.72 Å². The molecule has 0 aliphatic carbocycles. The van der Waals surface area contributed by atoms with E-state index < -0.39 is 4.92 Å². The van der Waals surface area contributed by atoms with E-state index in [9.17, 15) is 14.9 Å². The minimum absolute atomic E-state index is 0.0137. The fraction of sp³-hybridized carbons (Fsp3) is 0.111. The van der Waals surface area contributed by atoms with Gasteiger partial charge in [-0.05, 0) is 60.9 Å². The number of thioether (sulfide) groups is 1. The van der Waals surface area contributed by atoms with Crippen LogP contribution in [0.1, 0.15) is 16.7 Å².